The lowest BCUT2D eigenvalue weighted by atomic mass is 10.1. The van der Waals surface area contributed by atoms with Gasteiger partial charge >= 0.3 is 0 Å². The highest BCUT2D eigenvalue weighted by molar-refractivity contribution is 7.86. The summed E-state index contributed by atoms with van der Waals surface area (Å²) in [6.45, 7) is 4.90. The fourth-order valence-corrected chi connectivity index (χ4v) is 6.10. The van der Waals surface area contributed by atoms with Crippen molar-refractivity contribution in [3.05, 3.63) is 82.9 Å². The van der Waals surface area contributed by atoms with E-state index in [0.29, 0.717) is 66.8 Å². The van der Waals surface area contributed by atoms with Crippen LogP contribution in [0.2, 0.25) is 0 Å². The number of hydrogen-bond donors (Lipinski definition) is 2. The molecule has 0 saturated heterocycles. The van der Waals surface area contributed by atoms with Crippen LogP contribution in [0.3, 0.4) is 0 Å². The molecule has 0 saturated carbocycles. The topological polar surface area (TPSA) is 155 Å². The zero-order chi connectivity index (χ0) is 39.1. The normalized spacial score (nSPS) is 11.3. The van der Waals surface area contributed by atoms with E-state index in [1.165, 1.54) is 93.5 Å². The van der Waals surface area contributed by atoms with Crippen LogP contribution in [0.1, 0.15) is 93.4 Å². The molecule has 0 aliphatic carbocycles. The number of benzene rings is 3. The molecule has 2 N–H and O–H groups in total. The highest BCUT2D eigenvalue weighted by Crippen LogP contribution is 2.29. The number of hydrogen-bond acceptors (Lipinski definition) is 9. The van der Waals surface area contributed by atoms with E-state index in [1.54, 1.807) is 19.2 Å². The summed E-state index contributed by atoms with van der Waals surface area (Å²) in [5.74, 6) is 13.2. The van der Waals surface area contributed by atoms with Crippen LogP contribution in [0, 0.1) is 23.7 Å². The summed E-state index contributed by atoms with van der Waals surface area (Å²) in [7, 11) is -7.08. The summed E-state index contributed by atoms with van der Waals surface area (Å²) in [5, 5.41) is 0. The summed E-state index contributed by atoms with van der Waals surface area (Å²) in [6, 6.07) is 14.6. The third-order valence-electron chi connectivity index (χ3n) is 8.11. The Hall–Kier alpha value is -3.92. The molecule has 0 aromatic heterocycles. The second-order valence-corrected chi connectivity index (χ2v) is 15.3. The Bertz CT molecular complexity index is 1900. The maximum atomic E-state index is 11.5. The van der Waals surface area contributed by atoms with Gasteiger partial charge in [0.05, 0.1) is 60.6 Å². The molecule has 0 aliphatic heterocycles. The molecule has 3 aromatic rings. The van der Waals surface area contributed by atoms with Crippen molar-refractivity contribution in [2.24, 2.45) is 0 Å². The molecule has 54 heavy (non-hydrogen) atoms. The van der Waals surface area contributed by atoms with Crippen molar-refractivity contribution >= 4 is 20.2 Å². The minimum Gasteiger partial charge on any atom is -0.492 e. The van der Waals surface area contributed by atoms with Gasteiger partial charge in [-0.05, 0) is 55.0 Å². The second kappa shape index (κ2) is 24.5. The number of methoxy groups -OCH3 is 1. The molecule has 3 aromatic carbocycles. The van der Waals surface area contributed by atoms with Gasteiger partial charge in [0.1, 0.15) is 18.1 Å². The lowest BCUT2D eigenvalue weighted by Gasteiger charge is -2.14. The molecule has 0 amide bonds. The van der Waals surface area contributed by atoms with Gasteiger partial charge in [-0.25, -0.2) is 0 Å². The third-order valence-corrected chi connectivity index (χ3v) is 9.85. The Balaban J connectivity index is 1.84. The van der Waals surface area contributed by atoms with Crippen LogP contribution < -0.4 is 9.47 Å². The van der Waals surface area contributed by atoms with E-state index in [-0.39, 0.29) is 23.0 Å². The molecule has 0 atom stereocenters. The van der Waals surface area contributed by atoms with Crippen LogP contribution in [0.4, 0.5) is 0 Å². The lowest BCUT2D eigenvalue weighted by molar-refractivity contribution is 0.0179. The first-order chi connectivity index (χ1) is 26.0. The molecular weight excluding hydrogens is 733 g/mol. The molecule has 0 unspecified atom stereocenters. The van der Waals surface area contributed by atoms with Crippen LogP contribution in [0.15, 0.2) is 70.5 Å². The van der Waals surface area contributed by atoms with Crippen LogP contribution in [0.5, 0.6) is 11.5 Å². The van der Waals surface area contributed by atoms with E-state index in [2.05, 4.69) is 30.6 Å². The largest absolute Gasteiger partial charge is 0.492 e. The summed E-state index contributed by atoms with van der Waals surface area (Å²) < 4.78 is 93.2. The number of ether oxygens (including phenoxy) is 5. The fourth-order valence-electron chi connectivity index (χ4n) is 5.14. The van der Waals surface area contributed by atoms with Gasteiger partial charge in [-0.15, -0.1) is 0 Å². The molecule has 0 heterocycles. The van der Waals surface area contributed by atoms with Crippen LogP contribution >= 0.6 is 0 Å². The highest BCUT2D eigenvalue weighted by Gasteiger charge is 2.13. The first-order valence-electron chi connectivity index (χ1n) is 18.3. The molecule has 0 bridgehead atoms. The molecule has 0 spiro atoms. The Morgan fingerprint density at radius 2 is 0.889 bits per heavy atom. The Kier molecular flexibility index (Phi) is 20.2. The first-order valence-corrected chi connectivity index (χ1v) is 21.2. The van der Waals surface area contributed by atoms with Gasteiger partial charge in [0.25, 0.3) is 20.2 Å². The monoisotopic (exact) mass is 784 g/mol. The maximum Gasteiger partial charge on any atom is 0.294 e. The molecule has 0 aliphatic rings. The van der Waals surface area contributed by atoms with Crippen LogP contribution in [-0.2, 0) is 34.4 Å². The predicted molar refractivity (Wildman–Crippen MR) is 207 cm³/mol. The van der Waals surface area contributed by atoms with Gasteiger partial charge in [0.15, 0.2) is 0 Å². The second-order valence-electron chi connectivity index (χ2n) is 12.4. The van der Waals surface area contributed by atoms with E-state index in [9.17, 15) is 25.9 Å². The van der Waals surface area contributed by atoms with Crippen LogP contribution in [0.25, 0.3) is 0 Å². The van der Waals surface area contributed by atoms with E-state index < -0.39 is 20.2 Å². The van der Waals surface area contributed by atoms with Crippen molar-refractivity contribution in [1.82, 2.24) is 0 Å². The molecular formula is C41H52O11S2. The summed E-state index contributed by atoms with van der Waals surface area (Å²) in [6.07, 6.45) is 11.9. The van der Waals surface area contributed by atoms with E-state index in [0.717, 1.165) is 19.3 Å². The average molecular weight is 785 g/mol. The van der Waals surface area contributed by atoms with Gasteiger partial charge < -0.3 is 23.7 Å². The standard InChI is InChI=1S/C41H52O11S2/c1-3-4-5-6-7-8-9-10-11-12-25-51-40-32-37(20-14-35-17-23-39(24-18-35)54(45,46)47)41(52-31-30-50-29-28-49-27-26-48-2)33-36(40)19-13-34-15-21-38(22-16-34)53(42,43)44/h15-18,21-24,32-33H,3-12,25-31H2,1-2H3,(H,42,43,44)(H,45,46,47). The van der Waals surface area contributed by atoms with Gasteiger partial charge in [-0.1, -0.05) is 88.4 Å². The van der Waals surface area contributed by atoms with Gasteiger partial charge in [0.2, 0.25) is 0 Å². The van der Waals surface area contributed by atoms with E-state index in [4.69, 9.17) is 23.7 Å². The average Bonchev–Trinajstić information content (AvgIpc) is 3.14. The smallest absolute Gasteiger partial charge is 0.294 e. The summed E-state index contributed by atoms with van der Waals surface area (Å²) in [4.78, 5) is -0.469. The van der Waals surface area contributed by atoms with Gasteiger partial charge in [-0.2, -0.15) is 16.8 Å². The first kappa shape index (κ1) is 44.5. The molecule has 294 valence electrons. The van der Waals surface area contributed by atoms with E-state index in [1.807, 2.05) is 0 Å². The molecule has 0 radical (unpaired) electrons. The molecule has 11 nitrogen and oxygen atoms in total. The molecule has 3 rings (SSSR count). The molecule has 0 fully saturated rings. The summed E-state index contributed by atoms with van der Waals surface area (Å²) in [5.41, 5.74) is 2.04. The third kappa shape index (κ3) is 17.5. The van der Waals surface area contributed by atoms with Crippen molar-refractivity contribution in [1.29, 1.82) is 0 Å². The number of rotatable bonds is 24. The zero-order valence-electron chi connectivity index (χ0n) is 31.2. The molecule has 13 heteroatoms. The SMILES string of the molecule is CCCCCCCCCCCCOc1cc(C#Cc2ccc(S(=O)(=O)O)cc2)c(OCCOCCOCCOC)cc1C#Cc1ccc(S(=O)(=O)O)cc1. The van der Waals surface area contributed by atoms with E-state index >= 15 is 0 Å². The van der Waals surface area contributed by atoms with Crippen molar-refractivity contribution in [3.63, 3.8) is 0 Å². The van der Waals surface area contributed by atoms with Crippen molar-refractivity contribution in [2.45, 2.75) is 80.9 Å². The Morgan fingerprint density at radius 1 is 0.500 bits per heavy atom. The Labute approximate surface area is 321 Å². The van der Waals surface area contributed by atoms with Gasteiger partial charge in [0, 0.05) is 30.4 Å². The zero-order valence-corrected chi connectivity index (χ0v) is 32.8. The Morgan fingerprint density at radius 3 is 1.31 bits per heavy atom. The minimum absolute atomic E-state index is 0.193. The van der Waals surface area contributed by atoms with Gasteiger partial charge in [-0.3, -0.25) is 9.11 Å². The number of unbranched alkanes of at least 4 members (excludes halogenated alkanes) is 9. The summed E-state index contributed by atoms with van der Waals surface area (Å²) >= 11 is 0. The van der Waals surface area contributed by atoms with Crippen molar-refractivity contribution in [2.75, 3.05) is 53.4 Å². The fraction of sp³-hybridized carbons (Fsp3) is 0.463. The van der Waals surface area contributed by atoms with Crippen molar-refractivity contribution < 1.29 is 49.6 Å². The minimum atomic E-state index is -4.34. The quantitative estimate of drug-likeness (QED) is 0.0533. The van der Waals surface area contributed by atoms with Crippen molar-refractivity contribution in [3.8, 4) is 35.2 Å². The van der Waals surface area contributed by atoms with Crippen LogP contribution in [-0.4, -0.2) is 79.3 Å². The highest BCUT2D eigenvalue weighted by atomic mass is 32.2. The maximum absolute atomic E-state index is 11.5. The lowest BCUT2D eigenvalue weighted by Crippen LogP contribution is -2.12. The predicted octanol–water partition coefficient (Wildman–Crippen LogP) is 7.34.